The third-order valence-electron chi connectivity index (χ3n) is 3.37. The van der Waals surface area contributed by atoms with Crippen LogP contribution in [-0.4, -0.2) is 57.0 Å². The van der Waals surface area contributed by atoms with Gasteiger partial charge in [-0.2, -0.15) is 24.9 Å². The second-order valence-corrected chi connectivity index (χ2v) is 6.42. The predicted octanol–water partition coefficient (Wildman–Crippen LogP) is 2.85. The molecule has 0 heterocycles. The molecular formula is C16H24F4N4S. The summed E-state index contributed by atoms with van der Waals surface area (Å²) < 4.78 is 50.2. The second-order valence-electron chi connectivity index (χ2n) is 5.55. The molecule has 1 aromatic carbocycles. The number of halogens is 4. The number of aliphatic imine (C=N–C) groups is 1. The van der Waals surface area contributed by atoms with Crippen molar-refractivity contribution in [2.75, 3.05) is 40.0 Å². The Labute approximate surface area is 150 Å². The number of guanidine groups is 1. The molecule has 142 valence electrons. The summed E-state index contributed by atoms with van der Waals surface area (Å²) in [5.74, 6) is 0.908. The fourth-order valence-electron chi connectivity index (χ4n) is 2.21. The summed E-state index contributed by atoms with van der Waals surface area (Å²) in [6.07, 6.45) is -2.26. The largest absolute Gasteiger partial charge is 0.401 e. The number of benzene rings is 1. The van der Waals surface area contributed by atoms with E-state index in [9.17, 15) is 17.6 Å². The van der Waals surface area contributed by atoms with Gasteiger partial charge in [0.15, 0.2) is 5.96 Å². The first-order valence-corrected chi connectivity index (χ1v) is 9.10. The summed E-state index contributed by atoms with van der Waals surface area (Å²) in [6, 6.07) is 4.64. The van der Waals surface area contributed by atoms with E-state index in [4.69, 9.17) is 0 Å². The van der Waals surface area contributed by atoms with Gasteiger partial charge in [0.1, 0.15) is 5.82 Å². The number of thioether (sulfide) groups is 1. The molecule has 9 heteroatoms. The molecule has 4 nitrogen and oxygen atoms in total. The summed E-state index contributed by atoms with van der Waals surface area (Å²) in [4.78, 5) is 5.23. The monoisotopic (exact) mass is 380 g/mol. The van der Waals surface area contributed by atoms with Gasteiger partial charge in [0.25, 0.3) is 0 Å². The van der Waals surface area contributed by atoms with Crippen LogP contribution in [0.25, 0.3) is 0 Å². The van der Waals surface area contributed by atoms with Crippen molar-refractivity contribution in [3.63, 3.8) is 0 Å². The van der Waals surface area contributed by atoms with Crippen LogP contribution in [0.2, 0.25) is 0 Å². The van der Waals surface area contributed by atoms with Crippen molar-refractivity contribution < 1.29 is 17.6 Å². The fraction of sp³-hybridized carbons (Fsp3) is 0.562. The van der Waals surface area contributed by atoms with Crippen molar-refractivity contribution >= 4 is 17.7 Å². The van der Waals surface area contributed by atoms with E-state index in [0.29, 0.717) is 24.8 Å². The lowest BCUT2D eigenvalue weighted by molar-refractivity contribution is -0.142. The number of hydrogen-bond acceptors (Lipinski definition) is 3. The summed E-state index contributed by atoms with van der Waals surface area (Å²) in [6.45, 7) is 0.0599. The van der Waals surface area contributed by atoms with E-state index in [2.05, 4.69) is 15.6 Å². The standard InChI is InChI=1S/C16H24F4N4S/c1-21-15(22-6-7-24(2)11-16(18,19)20)23-9-12-4-5-14(17)8-13(12)10-25-3/h4-5,8H,6-7,9-11H2,1-3H3,(H2,21,22,23). The molecule has 0 amide bonds. The van der Waals surface area contributed by atoms with Crippen LogP contribution in [0.5, 0.6) is 0 Å². The predicted molar refractivity (Wildman–Crippen MR) is 95.4 cm³/mol. The zero-order valence-corrected chi connectivity index (χ0v) is 15.4. The first-order valence-electron chi connectivity index (χ1n) is 7.71. The van der Waals surface area contributed by atoms with Crippen LogP contribution >= 0.6 is 11.8 Å². The summed E-state index contributed by atoms with van der Waals surface area (Å²) in [5, 5.41) is 6.06. The minimum atomic E-state index is -4.20. The molecule has 0 radical (unpaired) electrons. The van der Waals surface area contributed by atoms with Gasteiger partial charge >= 0.3 is 6.18 Å². The molecule has 25 heavy (non-hydrogen) atoms. The first kappa shape index (κ1) is 21.6. The average molecular weight is 380 g/mol. The number of rotatable bonds is 8. The fourth-order valence-corrected chi connectivity index (χ4v) is 2.79. The van der Waals surface area contributed by atoms with Crippen molar-refractivity contribution in [2.45, 2.75) is 18.5 Å². The third-order valence-corrected chi connectivity index (χ3v) is 3.97. The van der Waals surface area contributed by atoms with Gasteiger partial charge in [-0.25, -0.2) is 4.39 Å². The molecule has 0 atom stereocenters. The molecule has 1 aromatic rings. The van der Waals surface area contributed by atoms with Gasteiger partial charge < -0.3 is 10.6 Å². The molecule has 0 aliphatic heterocycles. The molecule has 0 aliphatic carbocycles. The maximum absolute atomic E-state index is 13.3. The van der Waals surface area contributed by atoms with E-state index < -0.39 is 12.7 Å². The SMILES string of the molecule is CN=C(NCCN(C)CC(F)(F)F)NCc1ccc(F)cc1CSC. The van der Waals surface area contributed by atoms with Crippen molar-refractivity contribution in [1.29, 1.82) is 0 Å². The van der Waals surface area contributed by atoms with Crippen molar-refractivity contribution in [2.24, 2.45) is 4.99 Å². The van der Waals surface area contributed by atoms with Crippen LogP contribution in [-0.2, 0) is 12.3 Å². The number of likely N-dealkylation sites (N-methyl/N-ethyl adjacent to an activating group) is 1. The average Bonchev–Trinajstić information content (AvgIpc) is 2.50. The normalized spacial score (nSPS) is 12.6. The lowest BCUT2D eigenvalue weighted by atomic mass is 10.1. The van der Waals surface area contributed by atoms with Crippen LogP contribution in [0.3, 0.4) is 0 Å². The number of alkyl halides is 3. The van der Waals surface area contributed by atoms with Gasteiger partial charge in [0.05, 0.1) is 6.54 Å². The zero-order valence-electron chi connectivity index (χ0n) is 14.6. The van der Waals surface area contributed by atoms with Crippen molar-refractivity contribution in [3.8, 4) is 0 Å². The maximum atomic E-state index is 13.3. The van der Waals surface area contributed by atoms with E-state index >= 15 is 0 Å². The van der Waals surface area contributed by atoms with Gasteiger partial charge in [-0.3, -0.25) is 9.89 Å². The van der Waals surface area contributed by atoms with Gasteiger partial charge in [-0.15, -0.1) is 0 Å². The van der Waals surface area contributed by atoms with Gasteiger partial charge in [-0.1, -0.05) is 6.07 Å². The Bertz CT molecular complexity index is 564. The highest BCUT2D eigenvalue weighted by atomic mass is 32.2. The Hall–Kier alpha value is -1.48. The van der Waals surface area contributed by atoms with E-state index in [1.54, 1.807) is 24.9 Å². The Morgan fingerprint density at radius 3 is 2.56 bits per heavy atom. The van der Waals surface area contributed by atoms with Gasteiger partial charge in [-0.05, 0) is 36.6 Å². The Kier molecular flexibility index (Phi) is 9.05. The summed E-state index contributed by atoms with van der Waals surface area (Å²) in [5.41, 5.74) is 1.85. The smallest absolute Gasteiger partial charge is 0.355 e. The van der Waals surface area contributed by atoms with Crippen LogP contribution < -0.4 is 10.6 Å². The van der Waals surface area contributed by atoms with Crippen LogP contribution in [0.4, 0.5) is 17.6 Å². The van der Waals surface area contributed by atoms with Crippen LogP contribution in [0, 0.1) is 5.82 Å². The van der Waals surface area contributed by atoms with Crippen LogP contribution in [0.15, 0.2) is 23.2 Å². The van der Waals surface area contributed by atoms with Crippen molar-refractivity contribution in [3.05, 3.63) is 35.1 Å². The molecule has 0 fully saturated rings. The first-order chi connectivity index (χ1) is 11.7. The van der Waals surface area contributed by atoms with Crippen LogP contribution in [0.1, 0.15) is 11.1 Å². The highest BCUT2D eigenvalue weighted by molar-refractivity contribution is 7.97. The Morgan fingerprint density at radius 2 is 1.96 bits per heavy atom. The lowest BCUT2D eigenvalue weighted by Crippen LogP contribution is -2.42. The molecule has 0 bridgehead atoms. The Balaban J connectivity index is 2.47. The van der Waals surface area contributed by atoms with E-state index in [1.165, 1.54) is 24.1 Å². The van der Waals surface area contributed by atoms with E-state index in [0.717, 1.165) is 11.1 Å². The van der Waals surface area contributed by atoms with E-state index in [1.807, 2.05) is 6.26 Å². The molecule has 0 saturated heterocycles. The molecule has 0 saturated carbocycles. The molecule has 2 N–H and O–H groups in total. The minimum Gasteiger partial charge on any atom is -0.355 e. The molecule has 1 rings (SSSR count). The Morgan fingerprint density at radius 1 is 1.24 bits per heavy atom. The van der Waals surface area contributed by atoms with Gasteiger partial charge in [0, 0.05) is 32.4 Å². The number of hydrogen-bond donors (Lipinski definition) is 2. The van der Waals surface area contributed by atoms with Gasteiger partial charge in [0.2, 0.25) is 0 Å². The molecule has 0 unspecified atom stereocenters. The summed E-state index contributed by atoms with van der Waals surface area (Å²) >= 11 is 1.60. The second kappa shape index (κ2) is 10.5. The zero-order chi connectivity index (χ0) is 18.9. The quantitative estimate of drug-likeness (QED) is 0.413. The number of nitrogens with zero attached hydrogens (tertiary/aromatic N) is 2. The maximum Gasteiger partial charge on any atom is 0.401 e. The molecule has 0 aliphatic rings. The highest BCUT2D eigenvalue weighted by Gasteiger charge is 2.28. The molecular weight excluding hydrogens is 356 g/mol. The summed E-state index contributed by atoms with van der Waals surface area (Å²) in [7, 11) is 3.00. The minimum absolute atomic E-state index is 0.231. The highest BCUT2D eigenvalue weighted by Crippen LogP contribution is 2.17. The van der Waals surface area contributed by atoms with E-state index in [-0.39, 0.29) is 12.4 Å². The topological polar surface area (TPSA) is 39.7 Å². The molecule has 0 spiro atoms. The third kappa shape index (κ3) is 8.97. The number of nitrogens with one attached hydrogen (secondary N) is 2. The lowest BCUT2D eigenvalue weighted by Gasteiger charge is -2.19. The molecule has 0 aromatic heterocycles. The van der Waals surface area contributed by atoms with Crippen molar-refractivity contribution in [1.82, 2.24) is 15.5 Å².